The fourth-order valence-corrected chi connectivity index (χ4v) is 5.40. The molecule has 0 unspecified atom stereocenters. The second-order valence-electron chi connectivity index (χ2n) is 8.50. The fourth-order valence-electron chi connectivity index (χ4n) is 4.22. The molecule has 0 aromatic carbocycles. The molecular formula is C25H30N6O2S. The van der Waals surface area contributed by atoms with Gasteiger partial charge in [-0.05, 0) is 31.2 Å². The summed E-state index contributed by atoms with van der Waals surface area (Å²) in [5, 5.41) is 0. The zero-order valence-electron chi connectivity index (χ0n) is 19.4. The summed E-state index contributed by atoms with van der Waals surface area (Å²) in [5.41, 5.74) is 10.9. The molecule has 0 amide bonds. The Morgan fingerprint density at radius 1 is 1.12 bits per heavy atom. The Morgan fingerprint density at radius 2 is 1.88 bits per heavy atom. The van der Waals surface area contributed by atoms with Gasteiger partial charge in [0.1, 0.15) is 0 Å². The van der Waals surface area contributed by atoms with Crippen molar-refractivity contribution in [2.24, 2.45) is 10.7 Å². The Kier molecular flexibility index (Phi) is 7.15. The summed E-state index contributed by atoms with van der Waals surface area (Å²) >= 11 is 1.83. The summed E-state index contributed by atoms with van der Waals surface area (Å²) in [6.45, 7) is 9.63. The Morgan fingerprint density at radius 3 is 2.65 bits per heavy atom. The van der Waals surface area contributed by atoms with Crippen molar-refractivity contribution >= 4 is 45.0 Å². The van der Waals surface area contributed by atoms with Gasteiger partial charge in [-0.25, -0.2) is 9.98 Å². The quantitative estimate of drug-likeness (QED) is 0.544. The number of aryl methyl sites for hydroxylation is 1. The van der Waals surface area contributed by atoms with Crippen molar-refractivity contribution < 1.29 is 9.47 Å². The number of allylic oxidation sites excluding steroid dienone is 1. The highest BCUT2D eigenvalue weighted by Gasteiger charge is 2.19. The van der Waals surface area contributed by atoms with Crippen LogP contribution in [0, 0.1) is 6.92 Å². The number of aliphatic imine (C=N–C) groups is 1. The molecule has 5 heterocycles. The first-order chi connectivity index (χ1) is 16.7. The number of hydrogen-bond acceptors (Lipinski definition) is 9. The molecule has 0 atom stereocenters. The van der Waals surface area contributed by atoms with E-state index in [9.17, 15) is 0 Å². The lowest BCUT2D eigenvalue weighted by Gasteiger charge is -2.29. The molecule has 3 aromatic rings. The van der Waals surface area contributed by atoms with Crippen LogP contribution in [0.2, 0.25) is 0 Å². The second-order valence-corrected chi connectivity index (χ2v) is 9.64. The first-order valence-corrected chi connectivity index (χ1v) is 12.5. The van der Waals surface area contributed by atoms with Crippen LogP contribution in [0.25, 0.3) is 15.9 Å². The number of thiophene rings is 1. The molecule has 5 rings (SSSR count). The summed E-state index contributed by atoms with van der Waals surface area (Å²) in [5.74, 6) is 0.680. The minimum Gasteiger partial charge on any atom is -0.398 e. The predicted octanol–water partition coefficient (Wildman–Crippen LogP) is 3.37. The van der Waals surface area contributed by atoms with Crippen LogP contribution in [-0.2, 0) is 16.0 Å². The van der Waals surface area contributed by atoms with Crippen molar-refractivity contribution in [2.75, 3.05) is 57.5 Å². The maximum atomic E-state index is 6.25. The van der Waals surface area contributed by atoms with Gasteiger partial charge in [0, 0.05) is 73.0 Å². The van der Waals surface area contributed by atoms with Gasteiger partial charge in [-0.1, -0.05) is 0 Å². The minimum absolute atomic E-state index is 0.645. The molecule has 2 N–H and O–H groups in total. The van der Waals surface area contributed by atoms with E-state index in [1.165, 1.54) is 15.3 Å². The zero-order chi connectivity index (χ0) is 23.3. The zero-order valence-corrected chi connectivity index (χ0v) is 20.3. The van der Waals surface area contributed by atoms with Crippen molar-refractivity contribution in [3.8, 4) is 0 Å². The Hall–Kier alpha value is -2.85. The Bertz CT molecular complexity index is 1200. The third-order valence-electron chi connectivity index (χ3n) is 6.02. The van der Waals surface area contributed by atoms with E-state index in [4.69, 9.17) is 20.2 Å². The van der Waals surface area contributed by atoms with E-state index in [-0.39, 0.29) is 0 Å². The van der Waals surface area contributed by atoms with Crippen LogP contribution in [0.5, 0.6) is 0 Å². The van der Waals surface area contributed by atoms with Crippen LogP contribution in [0.15, 0.2) is 41.5 Å². The number of ether oxygens (including phenoxy) is 2. The van der Waals surface area contributed by atoms with Crippen LogP contribution in [0.1, 0.15) is 16.1 Å². The topological polar surface area (TPSA) is 89.1 Å². The van der Waals surface area contributed by atoms with Crippen LogP contribution in [0.4, 0.5) is 11.5 Å². The highest BCUT2D eigenvalue weighted by Crippen LogP contribution is 2.36. The molecule has 178 valence electrons. The van der Waals surface area contributed by atoms with E-state index in [0.29, 0.717) is 11.5 Å². The summed E-state index contributed by atoms with van der Waals surface area (Å²) in [4.78, 5) is 19.9. The molecule has 0 saturated carbocycles. The molecule has 0 aliphatic carbocycles. The van der Waals surface area contributed by atoms with Crippen LogP contribution >= 0.6 is 11.3 Å². The van der Waals surface area contributed by atoms with Gasteiger partial charge in [0.05, 0.1) is 42.3 Å². The van der Waals surface area contributed by atoms with Gasteiger partial charge in [-0.3, -0.25) is 9.88 Å². The summed E-state index contributed by atoms with van der Waals surface area (Å²) < 4.78 is 12.3. The van der Waals surface area contributed by atoms with E-state index in [2.05, 4.69) is 31.9 Å². The van der Waals surface area contributed by atoms with Crippen molar-refractivity contribution in [3.05, 3.63) is 52.7 Å². The number of morpholine rings is 2. The van der Waals surface area contributed by atoms with E-state index in [0.717, 1.165) is 75.9 Å². The molecule has 34 heavy (non-hydrogen) atoms. The predicted molar refractivity (Wildman–Crippen MR) is 138 cm³/mol. The lowest BCUT2D eigenvalue weighted by atomic mass is 10.2. The average Bonchev–Trinajstić information content (AvgIpc) is 3.27. The van der Waals surface area contributed by atoms with E-state index in [1.54, 1.807) is 12.4 Å². The molecule has 2 aliphatic rings. The van der Waals surface area contributed by atoms with E-state index >= 15 is 0 Å². The van der Waals surface area contributed by atoms with Gasteiger partial charge in [-0.2, -0.15) is 0 Å². The van der Waals surface area contributed by atoms with Gasteiger partial charge in [0.25, 0.3) is 0 Å². The van der Waals surface area contributed by atoms with Crippen LogP contribution in [-0.4, -0.2) is 73.7 Å². The second kappa shape index (κ2) is 10.6. The van der Waals surface area contributed by atoms with E-state index in [1.807, 2.05) is 36.5 Å². The van der Waals surface area contributed by atoms with Crippen molar-refractivity contribution in [1.29, 1.82) is 0 Å². The average molecular weight is 479 g/mol. The third-order valence-corrected chi connectivity index (χ3v) is 7.15. The molecular weight excluding hydrogens is 448 g/mol. The van der Waals surface area contributed by atoms with Gasteiger partial charge in [-0.15, -0.1) is 11.3 Å². The molecule has 2 saturated heterocycles. The van der Waals surface area contributed by atoms with Crippen molar-refractivity contribution in [3.63, 3.8) is 0 Å². The lowest BCUT2D eigenvalue weighted by molar-refractivity contribution is 0.0346. The smallest absolute Gasteiger partial charge is 0.154 e. The lowest BCUT2D eigenvalue weighted by Crippen LogP contribution is -2.36. The molecule has 8 nitrogen and oxygen atoms in total. The first kappa shape index (κ1) is 22.9. The first-order valence-electron chi connectivity index (χ1n) is 11.6. The molecule has 2 aliphatic heterocycles. The molecule has 2 fully saturated rings. The number of nitrogens with two attached hydrogens (primary N) is 1. The van der Waals surface area contributed by atoms with Gasteiger partial charge >= 0.3 is 0 Å². The van der Waals surface area contributed by atoms with Gasteiger partial charge < -0.3 is 20.1 Å². The number of hydrogen-bond donors (Lipinski definition) is 1. The number of fused-ring (bicyclic) bond motifs is 1. The molecule has 0 bridgehead atoms. The maximum absolute atomic E-state index is 6.25. The third kappa shape index (κ3) is 5.44. The van der Waals surface area contributed by atoms with Crippen molar-refractivity contribution in [1.82, 2.24) is 14.9 Å². The maximum Gasteiger partial charge on any atom is 0.154 e. The van der Waals surface area contributed by atoms with Crippen molar-refractivity contribution in [2.45, 2.75) is 13.5 Å². The minimum atomic E-state index is 0.645. The Balaban J connectivity index is 1.43. The van der Waals surface area contributed by atoms with Crippen LogP contribution < -0.4 is 10.6 Å². The number of anilines is 1. The molecule has 0 radical (unpaired) electrons. The number of rotatable bonds is 6. The summed E-state index contributed by atoms with van der Waals surface area (Å²) in [7, 11) is 0. The van der Waals surface area contributed by atoms with Gasteiger partial charge in [0.2, 0.25) is 0 Å². The largest absolute Gasteiger partial charge is 0.398 e. The molecule has 3 aromatic heterocycles. The van der Waals surface area contributed by atoms with Crippen LogP contribution in [0.3, 0.4) is 0 Å². The summed E-state index contributed by atoms with van der Waals surface area (Å²) in [6.07, 6.45) is 5.30. The SMILES string of the molecule is Cc1cc(/C(N)=C/C=Nc2cc(N3CCOCC3)c3sc(CN4CCOCC4)cc3n2)ccn1. The number of nitrogens with zero attached hydrogens (tertiary/aromatic N) is 5. The normalized spacial score (nSPS) is 18.3. The van der Waals surface area contributed by atoms with E-state index < -0.39 is 0 Å². The number of pyridine rings is 2. The molecule has 9 heteroatoms. The fraction of sp³-hybridized carbons (Fsp3) is 0.400. The highest BCUT2D eigenvalue weighted by molar-refractivity contribution is 7.19. The monoisotopic (exact) mass is 478 g/mol. The Labute approximate surface area is 203 Å². The highest BCUT2D eigenvalue weighted by atomic mass is 32.1. The van der Waals surface area contributed by atoms with Gasteiger partial charge in [0.15, 0.2) is 5.82 Å². The number of aromatic nitrogens is 2. The summed E-state index contributed by atoms with van der Waals surface area (Å²) in [6, 6.07) is 8.15. The standard InChI is InChI=1S/C25H30N6O2S/c1-18-14-19(2-4-27-18)21(26)3-5-28-24-16-23(31-8-12-33-13-9-31)25-22(29-24)15-20(34-25)17-30-6-10-32-11-7-30/h2-5,14-16H,6-13,17,26H2,1H3/b21-3-,28-5?. The molecule has 0 spiro atoms.